The first-order valence-corrected chi connectivity index (χ1v) is 13.7. The molecule has 4 aromatic rings. The standard InChI is InChI=1S/C28H31N5O4S/c1-18(2)38(34,35)23-9-7-21(8-10-23)25-17-31-28(29)27(32-25)26-15-24(33-37-26)20-5-3-19(4-6-20)16-30-22-11-13-36-14-12-22/h3-10,15,17-18,22,30H,11-14,16H2,1-2H3,(H2,29,31)/i5D,16D2,18D. The summed E-state index contributed by atoms with van der Waals surface area (Å²) in [4.78, 5) is 8.80. The highest BCUT2D eigenvalue weighted by Crippen LogP contribution is 2.30. The minimum atomic E-state index is -3.84. The molecule has 1 aliphatic heterocycles. The van der Waals surface area contributed by atoms with E-state index in [1.165, 1.54) is 38.2 Å². The fraction of sp³-hybridized carbons (Fsp3) is 0.321. The van der Waals surface area contributed by atoms with Gasteiger partial charge in [0.15, 0.2) is 27.1 Å². The summed E-state index contributed by atoms with van der Waals surface area (Å²) >= 11 is 0. The molecule has 0 amide bonds. The zero-order chi connectivity index (χ0) is 30.3. The van der Waals surface area contributed by atoms with Crippen LogP contribution in [-0.4, -0.2) is 48.0 Å². The van der Waals surface area contributed by atoms with Gasteiger partial charge in [0.1, 0.15) is 5.69 Å². The lowest BCUT2D eigenvalue weighted by atomic mass is 10.1. The van der Waals surface area contributed by atoms with E-state index in [4.69, 9.17) is 20.5 Å². The number of nitrogens with one attached hydrogen (secondary N) is 1. The number of ether oxygens (including phenoxy) is 1. The maximum Gasteiger partial charge on any atom is 0.189 e. The van der Waals surface area contributed by atoms with Crippen molar-refractivity contribution >= 4 is 15.7 Å². The number of anilines is 1. The van der Waals surface area contributed by atoms with Crippen molar-refractivity contribution < 1.29 is 23.2 Å². The van der Waals surface area contributed by atoms with Crippen LogP contribution in [0.2, 0.25) is 0 Å². The van der Waals surface area contributed by atoms with Gasteiger partial charge >= 0.3 is 0 Å². The van der Waals surface area contributed by atoms with Crippen molar-refractivity contribution in [1.29, 1.82) is 0 Å². The molecule has 9 nitrogen and oxygen atoms in total. The minimum Gasteiger partial charge on any atom is -0.382 e. The Labute approximate surface area is 228 Å². The van der Waals surface area contributed by atoms with Crippen LogP contribution in [0, 0.1) is 0 Å². The third-order valence-electron chi connectivity index (χ3n) is 6.27. The fourth-order valence-electron chi connectivity index (χ4n) is 3.96. The van der Waals surface area contributed by atoms with Crippen molar-refractivity contribution in [2.24, 2.45) is 0 Å². The van der Waals surface area contributed by atoms with Gasteiger partial charge in [-0.05, 0) is 44.4 Å². The van der Waals surface area contributed by atoms with Crippen molar-refractivity contribution in [1.82, 2.24) is 20.4 Å². The topological polar surface area (TPSA) is 133 Å². The van der Waals surface area contributed by atoms with Gasteiger partial charge in [-0.2, -0.15) is 0 Å². The molecule has 38 heavy (non-hydrogen) atoms. The van der Waals surface area contributed by atoms with Crippen molar-refractivity contribution in [3.63, 3.8) is 0 Å². The molecule has 0 aliphatic carbocycles. The van der Waals surface area contributed by atoms with Crippen molar-refractivity contribution in [2.45, 2.75) is 49.3 Å². The second kappa shape index (κ2) is 11.0. The molecule has 0 unspecified atom stereocenters. The number of nitrogens with two attached hydrogens (primary N) is 1. The maximum atomic E-state index is 12.6. The molecular formula is C28H31N5O4S. The van der Waals surface area contributed by atoms with E-state index in [0.29, 0.717) is 41.3 Å². The Morgan fingerprint density at radius 3 is 2.58 bits per heavy atom. The number of benzene rings is 2. The molecule has 2 aromatic heterocycles. The van der Waals surface area contributed by atoms with E-state index in [-0.39, 0.29) is 34.3 Å². The molecular weight excluding hydrogens is 502 g/mol. The first kappa shape index (κ1) is 21.3. The van der Waals surface area contributed by atoms with E-state index in [9.17, 15) is 8.42 Å². The van der Waals surface area contributed by atoms with E-state index in [1.807, 2.05) is 0 Å². The van der Waals surface area contributed by atoms with Crippen molar-refractivity contribution in [3.8, 4) is 34.0 Å². The number of sulfone groups is 1. The van der Waals surface area contributed by atoms with Gasteiger partial charge < -0.3 is 20.3 Å². The van der Waals surface area contributed by atoms with Crippen LogP contribution >= 0.6 is 0 Å². The predicted octanol–water partition coefficient (Wildman–Crippen LogP) is 4.50. The van der Waals surface area contributed by atoms with E-state index in [1.54, 1.807) is 30.3 Å². The van der Waals surface area contributed by atoms with Gasteiger partial charge in [0.25, 0.3) is 0 Å². The largest absolute Gasteiger partial charge is 0.382 e. The lowest BCUT2D eigenvalue weighted by molar-refractivity contribution is 0.0776. The zero-order valence-electron chi connectivity index (χ0n) is 25.1. The normalized spacial score (nSPS) is 16.9. The average molecular weight is 538 g/mol. The van der Waals surface area contributed by atoms with Gasteiger partial charge in [-0.25, -0.2) is 18.4 Å². The Bertz CT molecular complexity index is 1700. The number of rotatable bonds is 8. The van der Waals surface area contributed by atoms with Gasteiger partial charge in [-0.15, -0.1) is 0 Å². The second-order valence-corrected chi connectivity index (χ2v) is 11.4. The Kier molecular flexibility index (Phi) is 6.19. The molecule has 3 heterocycles. The highest BCUT2D eigenvalue weighted by molar-refractivity contribution is 7.92. The lowest BCUT2D eigenvalue weighted by Gasteiger charge is -2.23. The first-order valence-electron chi connectivity index (χ1n) is 14.2. The Balaban J connectivity index is 1.39. The van der Waals surface area contributed by atoms with E-state index >= 15 is 0 Å². The molecule has 0 radical (unpaired) electrons. The summed E-state index contributed by atoms with van der Waals surface area (Å²) in [6, 6.07) is 12.4. The fourth-order valence-corrected chi connectivity index (χ4v) is 4.93. The van der Waals surface area contributed by atoms with Crippen LogP contribution in [-0.2, 0) is 21.1 Å². The third kappa shape index (κ3) is 5.62. The highest BCUT2D eigenvalue weighted by Gasteiger charge is 2.20. The van der Waals surface area contributed by atoms with Crippen LogP contribution < -0.4 is 11.1 Å². The van der Waals surface area contributed by atoms with Gasteiger partial charge in [-0.3, -0.25) is 0 Å². The Morgan fingerprint density at radius 1 is 1.13 bits per heavy atom. The second-order valence-electron chi connectivity index (χ2n) is 9.15. The monoisotopic (exact) mass is 537 g/mol. The number of nitrogen functional groups attached to an aromatic ring is 1. The third-order valence-corrected chi connectivity index (χ3v) is 8.24. The van der Waals surface area contributed by atoms with Crippen LogP contribution in [0.3, 0.4) is 0 Å². The quantitative estimate of drug-likeness (QED) is 0.333. The van der Waals surface area contributed by atoms with Crippen LogP contribution in [0.15, 0.2) is 70.2 Å². The van der Waals surface area contributed by atoms with Gasteiger partial charge in [0.05, 0.1) is 23.4 Å². The van der Waals surface area contributed by atoms with Crippen LogP contribution in [0.5, 0.6) is 0 Å². The smallest absolute Gasteiger partial charge is 0.189 e. The predicted molar refractivity (Wildman–Crippen MR) is 146 cm³/mol. The zero-order valence-corrected chi connectivity index (χ0v) is 21.9. The number of nitrogens with zero attached hydrogens (tertiary/aromatic N) is 3. The number of aromatic nitrogens is 3. The summed E-state index contributed by atoms with van der Waals surface area (Å²) in [5, 5.41) is 5.44. The van der Waals surface area contributed by atoms with Crippen LogP contribution in [0.25, 0.3) is 34.0 Å². The molecule has 5 rings (SSSR count). The average Bonchev–Trinajstić information content (AvgIpc) is 3.43. The number of hydrogen-bond donors (Lipinski definition) is 2. The first-order chi connectivity index (χ1) is 19.8. The summed E-state index contributed by atoms with van der Waals surface area (Å²) in [5.74, 6) is 0.303. The van der Waals surface area contributed by atoms with Gasteiger partial charge in [0, 0.05) is 47.1 Å². The molecule has 10 heteroatoms. The highest BCUT2D eigenvalue weighted by atomic mass is 32.2. The van der Waals surface area contributed by atoms with Gasteiger partial charge in [0.2, 0.25) is 0 Å². The molecule has 0 atom stereocenters. The van der Waals surface area contributed by atoms with Crippen molar-refractivity contribution in [3.05, 3.63) is 66.3 Å². The summed E-state index contributed by atoms with van der Waals surface area (Å²) in [6.45, 7) is 1.99. The molecule has 0 bridgehead atoms. The number of hydrogen-bond acceptors (Lipinski definition) is 9. The molecule has 1 saturated heterocycles. The molecule has 0 saturated carbocycles. The molecule has 0 spiro atoms. The summed E-state index contributed by atoms with van der Waals surface area (Å²) in [5.41, 5.74) is 8.42. The van der Waals surface area contributed by atoms with E-state index < -0.39 is 21.6 Å². The van der Waals surface area contributed by atoms with Crippen molar-refractivity contribution in [2.75, 3.05) is 18.9 Å². The summed E-state index contributed by atoms with van der Waals surface area (Å²) in [7, 11) is -3.84. The summed E-state index contributed by atoms with van der Waals surface area (Å²) < 4.78 is 69.5. The Hall–Kier alpha value is -3.60. The molecule has 198 valence electrons. The molecule has 1 aliphatic rings. The van der Waals surface area contributed by atoms with E-state index in [0.717, 1.165) is 12.8 Å². The molecule has 1 fully saturated rings. The SMILES string of the molecule is [2H]c1cc(C([2H])([2H])NC2CCOCC2)ccc1-c1cc(-c2nc(-c3ccc(S(=O)(=O)C([2H])(C)C)cc3)cnc2N)on1. The summed E-state index contributed by atoms with van der Waals surface area (Å²) in [6.07, 6.45) is 2.90. The van der Waals surface area contributed by atoms with Gasteiger partial charge in [-0.1, -0.05) is 41.5 Å². The van der Waals surface area contributed by atoms with Crippen LogP contribution in [0.1, 0.15) is 37.7 Å². The molecule has 3 N–H and O–H groups in total. The minimum absolute atomic E-state index is 0.00981. The molecule has 2 aromatic carbocycles. The van der Waals surface area contributed by atoms with Crippen LogP contribution in [0.4, 0.5) is 5.82 Å². The Morgan fingerprint density at radius 2 is 1.87 bits per heavy atom. The lowest BCUT2D eigenvalue weighted by Crippen LogP contribution is -2.34. The van der Waals surface area contributed by atoms with E-state index in [2.05, 4.69) is 20.4 Å². The maximum absolute atomic E-state index is 12.6.